The van der Waals surface area contributed by atoms with Gasteiger partial charge < -0.3 is 5.73 Å². The molecular weight excluding hydrogens is 340 g/mol. The van der Waals surface area contributed by atoms with Gasteiger partial charge in [-0.25, -0.2) is 14.9 Å². The molecule has 6 heteroatoms. The number of carbonyl (C=O) groups excluding carboxylic acids is 2. The second-order valence-electron chi connectivity index (χ2n) is 6.93. The van der Waals surface area contributed by atoms with Crippen molar-refractivity contribution in [2.24, 2.45) is 11.1 Å². The van der Waals surface area contributed by atoms with Gasteiger partial charge in [0.25, 0.3) is 0 Å². The van der Waals surface area contributed by atoms with Crippen molar-refractivity contribution >= 4 is 23.5 Å². The van der Waals surface area contributed by atoms with Gasteiger partial charge in [-0.15, -0.1) is 0 Å². The molecule has 144 valence electrons. The van der Waals surface area contributed by atoms with Crippen LogP contribution in [0.2, 0.25) is 0 Å². The number of aryl methyl sites for hydroxylation is 2. The molecule has 0 aliphatic rings. The summed E-state index contributed by atoms with van der Waals surface area (Å²) in [6.07, 6.45) is 5.62. The molecule has 6 nitrogen and oxygen atoms in total. The number of anilines is 2. The van der Waals surface area contributed by atoms with E-state index in [4.69, 9.17) is 5.73 Å². The van der Waals surface area contributed by atoms with Crippen molar-refractivity contribution in [3.8, 4) is 0 Å². The molecule has 0 aliphatic carbocycles. The Bertz CT molecular complexity index is 776. The van der Waals surface area contributed by atoms with Gasteiger partial charge in [-0.2, -0.15) is 0 Å². The Morgan fingerprint density at radius 1 is 1.04 bits per heavy atom. The molecular formula is C21H28N4O2. The lowest BCUT2D eigenvalue weighted by Crippen LogP contribution is -2.50. The minimum absolute atomic E-state index is 0.329. The molecule has 0 bridgehead atoms. The summed E-state index contributed by atoms with van der Waals surface area (Å²) in [5.74, 6) is -0.0988. The number of primary amides is 1. The predicted octanol–water partition coefficient (Wildman–Crippen LogP) is 3.83. The van der Waals surface area contributed by atoms with Crippen molar-refractivity contribution in [2.75, 3.05) is 4.90 Å². The van der Waals surface area contributed by atoms with E-state index in [1.165, 1.54) is 4.90 Å². The van der Waals surface area contributed by atoms with Gasteiger partial charge in [0.1, 0.15) is 17.1 Å². The lowest BCUT2D eigenvalue weighted by atomic mass is 9.78. The average molecular weight is 368 g/mol. The molecule has 2 rings (SSSR count). The molecule has 0 saturated carbocycles. The largest absolute Gasteiger partial charge is 0.369 e. The summed E-state index contributed by atoms with van der Waals surface area (Å²) in [5.41, 5.74) is 6.38. The predicted molar refractivity (Wildman–Crippen MR) is 107 cm³/mol. The lowest BCUT2D eigenvalue weighted by Gasteiger charge is -2.33. The van der Waals surface area contributed by atoms with Crippen molar-refractivity contribution in [2.45, 2.75) is 53.4 Å². The van der Waals surface area contributed by atoms with E-state index in [-0.39, 0.29) is 5.91 Å². The van der Waals surface area contributed by atoms with E-state index in [0.717, 1.165) is 24.0 Å². The van der Waals surface area contributed by atoms with Gasteiger partial charge in [0.05, 0.1) is 0 Å². The molecule has 2 heterocycles. The summed E-state index contributed by atoms with van der Waals surface area (Å²) < 4.78 is 0. The van der Waals surface area contributed by atoms with Crippen molar-refractivity contribution in [3.63, 3.8) is 0 Å². The zero-order valence-electron chi connectivity index (χ0n) is 16.5. The van der Waals surface area contributed by atoms with Crippen LogP contribution in [-0.4, -0.2) is 21.8 Å². The first kappa shape index (κ1) is 20.6. The Labute approximate surface area is 160 Å². The van der Waals surface area contributed by atoms with Crippen LogP contribution < -0.4 is 10.6 Å². The average Bonchev–Trinajstić information content (AvgIpc) is 2.63. The molecule has 0 aliphatic heterocycles. The number of hydrogen-bond donors (Lipinski definition) is 1. The standard InChI is InChI=1S/C21H28N4O2/c1-5-7-10-21(6-2,19(22)26)20(27)25(17-13-15(3)8-11-23-17)18-14-16(4)9-12-24-18/h8-9,11-14H,5-7,10H2,1-4H3,(H2,22,26). The highest BCUT2D eigenvalue weighted by atomic mass is 16.2. The summed E-state index contributed by atoms with van der Waals surface area (Å²) in [6, 6.07) is 7.33. The van der Waals surface area contributed by atoms with Crippen LogP contribution in [0.25, 0.3) is 0 Å². The summed E-state index contributed by atoms with van der Waals surface area (Å²) in [4.78, 5) is 36.3. The Balaban J connectivity index is 2.64. The topological polar surface area (TPSA) is 89.2 Å². The van der Waals surface area contributed by atoms with Crippen molar-refractivity contribution in [1.29, 1.82) is 0 Å². The molecule has 1 unspecified atom stereocenters. The molecule has 2 aromatic rings. The fourth-order valence-electron chi connectivity index (χ4n) is 3.14. The smallest absolute Gasteiger partial charge is 0.249 e. The maximum atomic E-state index is 13.7. The van der Waals surface area contributed by atoms with E-state index in [9.17, 15) is 9.59 Å². The second kappa shape index (κ2) is 8.75. The Hall–Kier alpha value is -2.76. The third-order valence-corrected chi connectivity index (χ3v) is 4.91. The van der Waals surface area contributed by atoms with Gasteiger partial charge in [-0.1, -0.05) is 26.7 Å². The van der Waals surface area contributed by atoms with Crippen molar-refractivity contribution in [3.05, 3.63) is 47.8 Å². The molecule has 0 fully saturated rings. The van der Waals surface area contributed by atoms with E-state index in [1.807, 2.05) is 52.0 Å². The van der Waals surface area contributed by atoms with E-state index < -0.39 is 11.3 Å². The highest BCUT2D eigenvalue weighted by molar-refractivity contribution is 6.13. The molecule has 1 atom stereocenters. The maximum Gasteiger partial charge on any atom is 0.249 e. The molecule has 0 radical (unpaired) electrons. The van der Waals surface area contributed by atoms with E-state index in [1.54, 1.807) is 12.4 Å². The number of aromatic nitrogens is 2. The fraction of sp³-hybridized carbons (Fsp3) is 0.429. The van der Waals surface area contributed by atoms with E-state index in [2.05, 4.69) is 9.97 Å². The Kier molecular flexibility index (Phi) is 6.66. The summed E-state index contributed by atoms with van der Waals surface area (Å²) in [5, 5.41) is 0. The van der Waals surface area contributed by atoms with Crippen LogP contribution in [0.15, 0.2) is 36.7 Å². The van der Waals surface area contributed by atoms with Crippen LogP contribution in [0.3, 0.4) is 0 Å². The molecule has 2 N–H and O–H groups in total. The zero-order chi connectivity index (χ0) is 20.0. The van der Waals surface area contributed by atoms with Gasteiger partial charge in [0, 0.05) is 12.4 Å². The first-order valence-corrected chi connectivity index (χ1v) is 9.35. The van der Waals surface area contributed by atoms with Gasteiger partial charge in [0.2, 0.25) is 11.8 Å². The highest BCUT2D eigenvalue weighted by Gasteiger charge is 2.46. The minimum atomic E-state index is -1.28. The molecule has 0 aromatic carbocycles. The molecule has 2 aromatic heterocycles. The first-order valence-electron chi connectivity index (χ1n) is 9.35. The van der Waals surface area contributed by atoms with Crippen LogP contribution in [0.4, 0.5) is 11.6 Å². The Morgan fingerprint density at radius 2 is 1.56 bits per heavy atom. The number of hydrogen-bond acceptors (Lipinski definition) is 4. The Morgan fingerprint density at radius 3 is 1.93 bits per heavy atom. The summed E-state index contributed by atoms with van der Waals surface area (Å²) in [6.45, 7) is 7.70. The summed E-state index contributed by atoms with van der Waals surface area (Å²) >= 11 is 0. The third-order valence-electron chi connectivity index (χ3n) is 4.91. The van der Waals surface area contributed by atoms with Crippen LogP contribution >= 0.6 is 0 Å². The van der Waals surface area contributed by atoms with E-state index >= 15 is 0 Å². The van der Waals surface area contributed by atoms with Crippen molar-refractivity contribution < 1.29 is 9.59 Å². The quantitative estimate of drug-likeness (QED) is 0.717. The summed E-state index contributed by atoms with van der Waals surface area (Å²) in [7, 11) is 0. The van der Waals surface area contributed by atoms with Gasteiger partial charge in [0.15, 0.2) is 0 Å². The van der Waals surface area contributed by atoms with Gasteiger partial charge in [-0.3, -0.25) is 9.59 Å². The van der Waals surface area contributed by atoms with Crippen LogP contribution in [0.1, 0.15) is 50.7 Å². The van der Waals surface area contributed by atoms with Crippen LogP contribution in [0, 0.1) is 19.3 Å². The van der Waals surface area contributed by atoms with Crippen LogP contribution in [0.5, 0.6) is 0 Å². The van der Waals surface area contributed by atoms with E-state index in [0.29, 0.717) is 24.5 Å². The zero-order valence-corrected chi connectivity index (χ0v) is 16.5. The fourth-order valence-corrected chi connectivity index (χ4v) is 3.14. The minimum Gasteiger partial charge on any atom is -0.369 e. The number of rotatable bonds is 8. The van der Waals surface area contributed by atoms with Crippen LogP contribution in [-0.2, 0) is 9.59 Å². The highest BCUT2D eigenvalue weighted by Crippen LogP contribution is 2.36. The monoisotopic (exact) mass is 368 g/mol. The van der Waals surface area contributed by atoms with Gasteiger partial charge in [-0.05, 0) is 62.1 Å². The second-order valence-corrected chi connectivity index (χ2v) is 6.93. The maximum absolute atomic E-state index is 13.7. The normalized spacial score (nSPS) is 13.0. The number of carbonyl (C=O) groups is 2. The SMILES string of the molecule is CCCCC(CC)(C(N)=O)C(=O)N(c1cc(C)ccn1)c1cc(C)ccn1. The van der Waals surface area contributed by atoms with Gasteiger partial charge >= 0.3 is 0 Å². The molecule has 2 amide bonds. The molecule has 0 saturated heterocycles. The molecule has 0 spiro atoms. The number of nitrogens with two attached hydrogens (primary N) is 1. The number of amides is 2. The number of pyridine rings is 2. The number of unbranched alkanes of at least 4 members (excludes halogenated alkanes) is 1. The third kappa shape index (κ3) is 4.32. The molecule has 27 heavy (non-hydrogen) atoms. The first-order chi connectivity index (χ1) is 12.9. The lowest BCUT2D eigenvalue weighted by molar-refractivity contribution is -0.140. The van der Waals surface area contributed by atoms with Crippen molar-refractivity contribution in [1.82, 2.24) is 9.97 Å². The number of nitrogens with zero attached hydrogens (tertiary/aromatic N) is 3.